The number of ether oxygens (including phenoxy) is 2. The molecule has 0 unspecified atom stereocenters. The number of amides is 3. The summed E-state index contributed by atoms with van der Waals surface area (Å²) in [4.78, 5) is 41.1. The molecule has 1 heterocycles. The zero-order valence-electron chi connectivity index (χ0n) is 18.4. The monoisotopic (exact) mass is 444 g/mol. The average Bonchev–Trinajstić information content (AvgIpc) is 3.62. The Kier molecular flexibility index (Phi) is 4.37. The van der Waals surface area contributed by atoms with E-state index in [0.29, 0.717) is 40.3 Å². The number of benzene rings is 2. The van der Waals surface area contributed by atoms with E-state index >= 15 is 0 Å². The number of allylic oxidation sites excluding steroid dienone is 2. The lowest BCUT2D eigenvalue weighted by molar-refractivity contribution is -0.124. The molecular weight excluding hydrogens is 420 g/mol. The van der Waals surface area contributed by atoms with Crippen molar-refractivity contribution in [2.75, 3.05) is 24.4 Å². The van der Waals surface area contributed by atoms with E-state index in [-0.39, 0.29) is 41.4 Å². The number of carbonyl (C=O) groups is 3. The minimum absolute atomic E-state index is 0.137. The van der Waals surface area contributed by atoms with E-state index in [1.165, 1.54) is 12.0 Å². The molecule has 2 aromatic carbocycles. The van der Waals surface area contributed by atoms with Crippen molar-refractivity contribution in [1.82, 2.24) is 0 Å². The van der Waals surface area contributed by atoms with Gasteiger partial charge in [0.1, 0.15) is 11.5 Å². The lowest BCUT2D eigenvalue weighted by Crippen LogP contribution is -2.40. The maximum Gasteiger partial charge on any atom is 0.255 e. The van der Waals surface area contributed by atoms with Crippen LogP contribution in [0.25, 0.3) is 0 Å². The van der Waals surface area contributed by atoms with Crippen LogP contribution in [0.4, 0.5) is 11.4 Å². The van der Waals surface area contributed by atoms with Crippen LogP contribution in [-0.4, -0.2) is 31.9 Å². The summed E-state index contributed by atoms with van der Waals surface area (Å²) in [5.74, 6) is 1.32. The van der Waals surface area contributed by atoms with Gasteiger partial charge in [-0.25, -0.2) is 4.90 Å². The summed E-state index contributed by atoms with van der Waals surface area (Å²) in [7, 11) is 3.07. The topological polar surface area (TPSA) is 84.9 Å². The van der Waals surface area contributed by atoms with Gasteiger partial charge in [0.05, 0.1) is 37.4 Å². The standard InChI is InChI=1S/C26H24N2O5/c1-32-15-6-9-21(33-2)20(11-15)27-24(29)13-4-3-5-14(10-13)28-25(30)22-16-7-8-17(19-12-18(16)19)23(22)26(28)31/h3-11,16-19,22-23H,12H2,1-2H3,(H,27,29)/t16-,17-,18-,19-,22+,23+/m1/s1. The molecule has 2 saturated carbocycles. The summed E-state index contributed by atoms with van der Waals surface area (Å²) >= 11 is 0. The number of carbonyl (C=O) groups excluding carboxylic acids is 3. The Morgan fingerprint density at radius 3 is 2.27 bits per heavy atom. The Bertz CT molecular complexity index is 1180. The molecule has 3 fully saturated rings. The van der Waals surface area contributed by atoms with Crippen molar-refractivity contribution in [2.45, 2.75) is 6.42 Å². The fourth-order valence-corrected chi connectivity index (χ4v) is 6.10. The molecule has 7 heteroatoms. The Balaban J connectivity index is 1.28. The minimum Gasteiger partial charge on any atom is -0.497 e. The first-order chi connectivity index (χ1) is 16.0. The van der Waals surface area contributed by atoms with Crippen molar-refractivity contribution in [3.8, 4) is 11.5 Å². The largest absolute Gasteiger partial charge is 0.497 e. The van der Waals surface area contributed by atoms with Gasteiger partial charge in [-0.15, -0.1) is 0 Å². The van der Waals surface area contributed by atoms with Gasteiger partial charge in [-0.3, -0.25) is 14.4 Å². The Hall–Kier alpha value is -3.61. The van der Waals surface area contributed by atoms with Gasteiger partial charge in [-0.05, 0) is 60.4 Å². The van der Waals surface area contributed by atoms with Crippen LogP contribution in [0.15, 0.2) is 54.6 Å². The third-order valence-electron chi connectivity index (χ3n) is 7.68. The second kappa shape index (κ2) is 7.20. The number of imide groups is 1. The zero-order valence-corrected chi connectivity index (χ0v) is 18.4. The lowest BCUT2D eigenvalue weighted by Gasteiger charge is -2.37. The normalized spacial score (nSPS) is 30.7. The van der Waals surface area contributed by atoms with Gasteiger partial charge in [0.15, 0.2) is 0 Å². The smallest absolute Gasteiger partial charge is 0.255 e. The molecule has 0 aromatic heterocycles. The van der Waals surface area contributed by atoms with E-state index in [1.54, 1.807) is 49.6 Å². The van der Waals surface area contributed by atoms with Gasteiger partial charge < -0.3 is 14.8 Å². The van der Waals surface area contributed by atoms with Crippen LogP contribution in [0.3, 0.4) is 0 Å². The maximum atomic E-state index is 13.4. The first kappa shape index (κ1) is 20.0. The Morgan fingerprint density at radius 2 is 1.64 bits per heavy atom. The van der Waals surface area contributed by atoms with Gasteiger partial charge >= 0.3 is 0 Å². The van der Waals surface area contributed by atoms with E-state index in [1.807, 2.05) is 0 Å². The zero-order chi connectivity index (χ0) is 22.9. The van der Waals surface area contributed by atoms with E-state index in [4.69, 9.17) is 9.47 Å². The van der Waals surface area contributed by atoms with Crippen molar-refractivity contribution in [2.24, 2.45) is 35.5 Å². The van der Waals surface area contributed by atoms with E-state index in [0.717, 1.165) is 6.42 Å². The number of anilines is 2. The van der Waals surface area contributed by atoms with Gasteiger partial charge in [0.25, 0.3) is 5.91 Å². The second-order valence-corrected chi connectivity index (χ2v) is 9.24. The highest BCUT2D eigenvalue weighted by Gasteiger charge is 2.67. The van der Waals surface area contributed by atoms with Crippen LogP contribution in [0, 0.1) is 35.5 Å². The van der Waals surface area contributed by atoms with Gasteiger partial charge in [0, 0.05) is 11.6 Å². The van der Waals surface area contributed by atoms with Crippen molar-refractivity contribution >= 4 is 29.1 Å². The quantitative estimate of drug-likeness (QED) is 0.564. The molecule has 7 rings (SSSR count). The molecule has 1 N–H and O–H groups in total. The van der Waals surface area contributed by atoms with E-state index < -0.39 is 0 Å². The SMILES string of the molecule is COc1ccc(OC)c(NC(=O)c2cccc(N3C(=O)[C@H]4[C@@H]5C=C[C@H]([C@H]6C[C@H]56)[C@@H]4C3=O)c2)c1. The highest BCUT2D eigenvalue weighted by Crippen LogP contribution is 2.65. The summed E-state index contributed by atoms with van der Waals surface area (Å²) in [6.07, 6.45) is 5.43. The van der Waals surface area contributed by atoms with Crippen LogP contribution in [0.5, 0.6) is 11.5 Å². The van der Waals surface area contributed by atoms with E-state index in [2.05, 4.69) is 17.5 Å². The fraction of sp³-hybridized carbons (Fsp3) is 0.346. The molecular formula is C26H24N2O5. The van der Waals surface area contributed by atoms with E-state index in [9.17, 15) is 14.4 Å². The van der Waals surface area contributed by atoms with Crippen LogP contribution in [0.1, 0.15) is 16.8 Å². The third-order valence-corrected chi connectivity index (χ3v) is 7.68. The summed E-state index contributed by atoms with van der Waals surface area (Å²) in [6, 6.07) is 11.8. The molecule has 3 amide bonds. The highest BCUT2D eigenvalue weighted by molar-refractivity contribution is 6.23. The number of hydrogen-bond donors (Lipinski definition) is 1. The first-order valence-electron chi connectivity index (χ1n) is 11.2. The summed E-state index contributed by atoms with van der Waals surface area (Å²) in [5, 5.41) is 2.84. The van der Waals surface area contributed by atoms with Crippen molar-refractivity contribution in [3.05, 3.63) is 60.2 Å². The van der Waals surface area contributed by atoms with Crippen LogP contribution in [-0.2, 0) is 9.59 Å². The summed E-state index contributed by atoms with van der Waals surface area (Å²) in [6.45, 7) is 0. The average molecular weight is 444 g/mol. The van der Waals surface area contributed by atoms with Crippen LogP contribution >= 0.6 is 0 Å². The molecule has 7 nitrogen and oxygen atoms in total. The van der Waals surface area contributed by atoms with Crippen molar-refractivity contribution < 1.29 is 23.9 Å². The third kappa shape index (κ3) is 2.91. The van der Waals surface area contributed by atoms with Crippen LogP contribution in [0.2, 0.25) is 0 Å². The Labute approximate surface area is 191 Å². The highest BCUT2D eigenvalue weighted by atomic mass is 16.5. The van der Waals surface area contributed by atoms with Crippen molar-refractivity contribution in [1.29, 1.82) is 0 Å². The number of nitrogens with one attached hydrogen (secondary N) is 1. The molecule has 1 saturated heterocycles. The fourth-order valence-electron chi connectivity index (χ4n) is 6.10. The van der Waals surface area contributed by atoms with Gasteiger partial charge in [0.2, 0.25) is 11.8 Å². The van der Waals surface area contributed by atoms with Gasteiger partial charge in [-0.2, -0.15) is 0 Å². The summed E-state index contributed by atoms with van der Waals surface area (Å²) in [5.41, 5.74) is 1.25. The molecule has 6 atom stereocenters. The molecule has 1 aliphatic heterocycles. The van der Waals surface area contributed by atoms with Crippen molar-refractivity contribution in [3.63, 3.8) is 0 Å². The summed E-state index contributed by atoms with van der Waals surface area (Å²) < 4.78 is 10.6. The minimum atomic E-state index is -0.372. The maximum absolute atomic E-state index is 13.4. The predicted octanol–water partition coefficient (Wildman–Crippen LogP) is 3.51. The predicted molar refractivity (Wildman–Crippen MR) is 121 cm³/mol. The lowest BCUT2D eigenvalue weighted by atomic mass is 9.63. The number of nitrogens with zero attached hydrogens (tertiary/aromatic N) is 1. The Morgan fingerprint density at radius 1 is 0.939 bits per heavy atom. The molecule has 2 aromatic rings. The number of methoxy groups -OCH3 is 2. The number of hydrogen-bond acceptors (Lipinski definition) is 5. The molecule has 0 radical (unpaired) electrons. The second-order valence-electron chi connectivity index (χ2n) is 9.24. The molecule has 33 heavy (non-hydrogen) atoms. The molecule has 168 valence electrons. The molecule has 4 aliphatic carbocycles. The molecule has 5 aliphatic rings. The van der Waals surface area contributed by atoms with Gasteiger partial charge in [-0.1, -0.05) is 18.2 Å². The molecule has 2 bridgehead atoms. The van der Waals surface area contributed by atoms with Crippen LogP contribution < -0.4 is 19.7 Å². The number of rotatable bonds is 5. The first-order valence-corrected chi connectivity index (χ1v) is 11.2. The molecule has 0 spiro atoms.